The molecule has 4 nitrogen and oxygen atoms in total. The van der Waals surface area contributed by atoms with Crippen LogP contribution in [-0.2, 0) is 6.54 Å². The van der Waals surface area contributed by atoms with Gasteiger partial charge in [0.2, 0.25) is 0 Å². The average Bonchev–Trinajstić information content (AvgIpc) is 2.37. The number of aromatic nitrogens is 1. The van der Waals surface area contributed by atoms with Gasteiger partial charge in [0.05, 0.1) is 12.3 Å². The molecule has 0 aromatic carbocycles. The summed E-state index contributed by atoms with van der Waals surface area (Å²) < 4.78 is 4.84. The molecule has 4 heteroatoms. The average molecular weight is 156 g/mol. The Labute approximate surface area is 65.2 Å². The maximum absolute atomic E-state index is 8.44. The number of aliphatic hydroxyl groups excluding tert-OH is 1. The van der Waals surface area contributed by atoms with Crippen LogP contribution < -0.4 is 5.32 Å². The molecule has 11 heavy (non-hydrogen) atoms. The van der Waals surface area contributed by atoms with Gasteiger partial charge in [0, 0.05) is 19.2 Å². The molecule has 0 saturated heterocycles. The molecule has 0 fully saturated rings. The molecule has 2 N–H and O–H groups in total. The van der Waals surface area contributed by atoms with Crippen LogP contribution in [0.15, 0.2) is 10.6 Å². The van der Waals surface area contributed by atoms with E-state index >= 15 is 0 Å². The van der Waals surface area contributed by atoms with Gasteiger partial charge < -0.3 is 14.9 Å². The van der Waals surface area contributed by atoms with E-state index in [1.54, 1.807) is 0 Å². The molecule has 0 bridgehead atoms. The van der Waals surface area contributed by atoms with Gasteiger partial charge in [0.25, 0.3) is 0 Å². The molecule has 1 rings (SSSR count). The number of rotatable bonds is 4. The second-order valence-corrected chi connectivity index (χ2v) is 2.33. The summed E-state index contributed by atoms with van der Waals surface area (Å²) in [5.41, 5.74) is 0.871. The standard InChI is InChI=1S/C7H12N2O2/c1-6-4-7(9-11-6)5-8-2-3-10/h4,8,10H,2-3,5H2,1H3. The highest BCUT2D eigenvalue weighted by Gasteiger charge is 1.97. The van der Waals surface area contributed by atoms with E-state index < -0.39 is 0 Å². The van der Waals surface area contributed by atoms with Crippen molar-refractivity contribution in [2.24, 2.45) is 0 Å². The predicted octanol–water partition coefficient (Wildman–Crippen LogP) is 0.0649. The Kier molecular flexibility index (Phi) is 3.07. The van der Waals surface area contributed by atoms with Crippen LogP contribution in [0.25, 0.3) is 0 Å². The maximum Gasteiger partial charge on any atom is 0.133 e. The van der Waals surface area contributed by atoms with E-state index in [-0.39, 0.29) is 6.61 Å². The van der Waals surface area contributed by atoms with Gasteiger partial charge in [-0.3, -0.25) is 0 Å². The van der Waals surface area contributed by atoms with Gasteiger partial charge in [-0.25, -0.2) is 0 Å². The Balaban J connectivity index is 2.27. The molecule has 0 aliphatic heterocycles. The SMILES string of the molecule is Cc1cc(CNCCO)no1. The Morgan fingerprint density at radius 2 is 2.55 bits per heavy atom. The Bertz CT molecular complexity index is 210. The monoisotopic (exact) mass is 156 g/mol. The molecule has 0 atom stereocenters. The van der Waals surface area contributed by atoms with Crippen molar-refractivity contribution in [2.75, 3.05) is 13.2 Å². The van der Waals surface area contributed by atoms with Gasteiger partial charge in [-0.1, -0.05) is 5.16 Å². The molecular formula is C7H12N2O2. The molecule has 0 radical (unpaired) electrons. The number of nitrogens with one attached hydrogen (secondary N) is 1. The third-order valence-corrected chi connectivity index (χ3v) is 1.27. The summed E-state index contributed by atoms with van der Waals surface area (Å²) >= 11 is 0. The minimum atomic E-state index is 0.150. The first kappa shape index (κ1) is 8.23. The summed E-state index contributed by atoms with van der Waals surface area (Å²) in [6, 6.07) is 1.87. The molecule has 1 aromatic heterocycles. The van der Waals surface area contributed by atoms with Crippen molar-refractivity contribution in [3.63, 3.8) is 0 Å². The van der Waals surface area contributed by atoms with Crippen LogP contribution in [0.4, 0.5) is 0 Å². The van der Waals surface area contributed by atoms with Crippen molar-refractivity contribution in [1.29, 1.82) is 0 Å². The minimum absolute atomic E-state index is 0.150. The molecule has 0 spiro atoms. The molecule has 1 aromatic rings. The van der Waals surface area contributed by atoms with Crippen LogP contribution >= 0.6 is 0 Å². The Hall–Kier alpha value is -0.870. The van der Waals surface area contributed by atoms with Crippen molar-refractivity contribution in [3.8, 4) is 0 Å². The third-order valence-electron chi connectivity index (χ3n) is 1.27. The van der Waals surface area contributed by atoms with Crippen LogP contribution in [0.3, 0.4) is 0 Å². The van der Waals surface area contributed by atoms with Gasteiger partial charge in [0.15, 0.2) is 0 Å². The van der Waals surface area contributed by atoms with Gasteiger partial charge in [-0.15, -0.1) is 0 Å². The molecular weight excluding hydrogens is 144 g/mol. The second-order valence-electron chi connectivity index (χ2n) is 2.33. The summed E-state index contributed by atoms with van der Waals surface area (Å²) in [7, 11) is 0. The Morgan fingerprint density at radius 3 is 3.09 bits per heavy atom. The van der Waals surface area contributed by atoms with E-state index in [0.29, 0.717) is 13.1 Å². The van der Waals surface area contributed by atoms with Crippen LogP contribution in [0.2, 0.25) is 0 Å². The zero-order valence-corrected chi connectivity index (χ0v) is 6.50. The van der Waals surface area contributed by atoms with E-state index in [4.69, 9.17) is 9.63 Å². The van der Waals surface area contributed by atoms with Gasteiger partial charge in [-0.2, -0.15) is 0 Å². The molecule has 62 valence electrons. The summed E-state index contributed by atoms with van der Waals surface area (Å²) in [4.78, 5) is 0. The highest BCUT2D eigenvalue weighted by molar-refractivity contribution is 5.02. The van der Waals surface area contributed by atoms with Gasteiger partial charge >= 0.3 is 0 Å². The topological polar surface area (TPSA) is 58.3 Å². The predicted molar refractivity (Wildman–Crippen MR) is 40.0 cm³/mol. The quantitative estimate of drug-likeness (QED) is 0.605. The number of aryl methyl sites for hydroxylation is 1. The van der Waals surface area contributed by atoms with E-state index in [1.165, 1.54) is 0 Å². The van der Waals surface area contributed by atoms with Crippen molar-refractivity contribution in [2.45, 2.75) is 13.5 Å². The largest absolute Gasteiger partial charge is 0.395 e. The minimum Gasteiger partial charge on any atom is -0.395 e. The maximum atomic E-state index is 8.44. The van der Waals surface area contributed by atoms with E-state index in [1.807, 2.05) is 13.0 Å². The normalized spacial score (nSPS) is 10.4. The fourth-order valence-electron chi connectivity index (χ4n) is 0.797. The molecule has 0 aliphatic rings. The van der Waals surface area contributed by atoms with Gasteiger partial charge in [0.1, 0.15) is 5.76 Å². The lowest BCUT2D eigenvalue weighted by atomic mass is 10.4. The van der Waals surface area contributed by atoms with E-state index in [0.717, 1.165) is 11.5 Å². The van der Waals surface area contributed by atoms with Crippen LogP contribution in [-0.4, -0.2) is 23.4 Å². The lowest BCUT2D eigenvalue weighted by molar-refractivity contribution is 0.291. The van der Waals surface area contributed by atoms with Crippen LogP contribution in [0.1, 0.15) is 11.5 Å². The zero-order valence-electron chi connectivity index (χ0n) is 6.50. The molecule has 0 amide bonds. The van der Waals surface area contributed by atoms with Crippen molar-refractivity contribution >= 4 is 0 Å². The number of nitrogens with zero attached hydrogens (tertiary/aromatic N) is 1. The third kappa shape index (κ3) is 2.69. The lowest BCUT2D eigenvalue weighted by Crippen LogP contribution is -2.17. The first-order valence-electron chi connectivity index (χ1n) is 3.56. The smallest absolute Gasteiger partial charge is 0.133 e. The molecule has 0 saturated carbocycles. The van der Waals surface area contributed by atoms with Crippen molar-refractivity contribution in [1.82, 2.24) is 10.5 Å². The number of aliphatic hydroxyl groups is 1. The summed E-state index contributed by atoms with van der Waals surface area (Å²) in [6.45, 7) is 3.24. The first-order chi connectivity index (χ1) is 5.33. The summed E-state index contributed by atoms with van der Waals surface area (Å²) in [5, 5.41) is 15.2. The molecule has 0 unspecified atom stereocenters. The second kappa shape index (κ2) is 4.10. The van der Waals surface area contributed by atoms with Crippen LogP contribution in [0, 0.1) is 6.92 Å². The summed E-state index contributed by atoms with van der Waals surface area (Å²) in [5.74, 6) is 0.811. The number of hydrogen-bond acceptors (Lipinski definition) is 4. The van der Waals surface area contributed by atoms with Crippen molar-refractivity contribution in [3.05, 3.63) is 17.5 Å². The molecule has 1 heterocycles. The highest BCUT2D eigenvalue weighted by Crippen LogP contribution is 1.99. The fraction of sp³-hybridized carbons (Fsp3) is 0.571. The zero-order chi connectivity index (χ0) is 8.10. The van der Waals surface area contributed by atoms with Gasteiger partial charge in [-0.05, 0) is 6.92 Å². The van der Waals surface area contributed by atoms with Crippen molar-refractivity contribution < 1.29 is 9.63 Å². The van der Waals surface area contributed by atoms with Crippen LogP contribution in [0.5, 0.6) is 0 Å². The van der Waals surface area contributed by atoms with E-state index in [2.05, 4.69) is 10.5 Å². The lowest BCUT2D eigenvalue weighted by Gasteiger charge is -1.95. The first-order valence-corrected chi connectivity index (χ1v) is 3.56. The van der Waals surface area contributed by atoms with E-state index in [9.17, 15) is 0 Å². The number of hydrogen-bond donors (Lipinski definition) is 2. The summed E-state index contributed by atoms with van der Waals surface area (Å²) in [6.07, 6.45) is 0. The highest BCUT2D eigenvalue weighted by atomic mass is 16.5. The Morgan fingerprint density at radius 1 is 1.73 bits per heavy atom. The fourth-order valence-corrected chi connectivity index (χ4v) is 0.797. The molecule has 0 aliphatic carbocycles.